The van der Waals surface area contributed by atoms with Gasteiger partial charge in [-0.05, 0) is 86.8 Å². The predicted octanol–water partition coefficient (Wildman–Crippen LogP) is 13.4. The van der Waals surface area contributed by atoms with Crippen LogP contribution in [-0.4, -0.2) is 29.5 Å². The normalized spacial score (nSPS) is 11.2. The molecule has 0 unspecified atom stereocenters. The van der Waals surface area contributed by atoms with Crippen molar-refractivity contribution >= 4 is 0 Å². The molecule has 305 valence electrons. The van der Waals surface area contributed by atoms with Crippen molar-refractivity contribution in [2.24, 2.45) is 0 Å². The number of rotatable bonds is 16. The summed E-state index contributed by atoms with van der Waals surface area (Å²) < 4.78 is 4.51. The van der Waals surface area contributed by atoms with Crippen molar-refractivity contribution in [3.63, 3.8) is 0 Å². The molecule has 7 heteroatoms. The molecule has 4 aromatic carbocycles. The summed E-state index contributed by atoms with van der Waals surface area (Å²) in [6.45, 7) is 22.1. The molecule has 0 spiro atoms. The van der Waals surface area contributed by atoms with E-state index in [1.807, 2.05) is 24.3 Å². The molecule has 0 aliphatic heterocycles. The van der Waals surface area contributed by atoms with Crippen LogP contribution in [-0.2, 0) is 32.9 Å². The fraction of sp³-hybridized carbons (Fsp3) is 0.440. The van der Waals surface area contributed by atoms with E-state index >= 15 is 0 Å². The number of nitrogens with zero attached hydrogens (tertiary/aromatic N) is 6. The molecule has 6 aromatic rings. The third kappa shape index (κ3) is 11.5. The van der Waals surface area contributed by atoms with E-state index in [-0.39, 0.29) is 26.0 Å². The van der Waals surface area contributed by atoms with Crippen LogP contribution in [0.4, 0.5) is 0 Å². The van der Waals surface area contributed by atoms with Crippen LogP contribution in [0.2, 0.25) is 0 Å². The van der Waals surface area contributed by atoms with Crippen molar-refractivity contribution in [2.75, 3.05) is 0 Å². The molecular formula is C50H65IrN6-. The third-order valence-electron chi connectivity index (χ3n) is 10.6. The average molecular weight is 942 g/mol. The Hall–Kier alpha value is -4.19. The molecule has 2 aromatic heterocycles. The minimum Gasteiger partial charge on any atom is -0.319 e. The number of hydrogen-bond acceptors (Lipinski definition) is 4. The van der Waals surface area contributed by atoms with E-state index in [1.54, 1.807) is 0 Å². The van der Waals surface area contributed by atoms with Crippen molar-refractivity contribution in [3.8, 4) is 34.2 Å². The van der Waals surface area contributed by atoms with Crippen LogP contribution < -0.4 is 0 Å². The van der Waals surface area contributed by atoms with Gasteiger partial charge in [-0.3, -0.25) is 4.57 Å². The van der Waals surface area contributed by atoms with Crippen LogP contribution in [0.1, 0.15) is 150 Å². The van der Waals surface area contributed by atoms with Gasteiger partial charge in [0.2, 0.25) is 0 Å². The van der Waals surface area contributed by atoms with Crippen molar-refractivity contribution in [1.82, 2.24) is 29.5 Å². The maximum atomic E-state index is 4.57. The summed E-state index contributed by atoms with van der Waals surface area (Å²) in [5, 5.41) is 18.2. The number of aromatic nitrogens is 6. The van der Waals surface area contributed by atoms with E-state index in [0.717, 1.165) is 47.3 Å². The van der Waals surface area contributed by atoms with Crippen LogP contribution in [0.3, 0.4) is 0 Å². The van der Waals surface area contributed by atoms with E-state index in [0.29, 0.717) is 5.92 Å². The molecule has 6 nitrogen and oxygen atoms in total. The summed E-state index contributed by atoms with van der Waals surface area (Å²) in [7, 11) is 0. The van der Waals surface area contributed by atoms with Crippen LogP contribution in [0.15, 0.2) is 78.9 Å². The molecular weight excluding hydrogens is 877 g/mol. The summed E-state index contributed by atoms with van der Waals surface area (Å²) in [4.78, 5) is 0. The van der Waals surface area contributed by atoms with Gasteiger partial charge in [-0.1, -0.05) is 135 Å². The molecule has 2 heterocycles. The first-order chi connectivity index (χ1) is 27.0. The van der Waals surface area contributed by atoms with Gasteiger partial charge in [0.1, 0.15) is 11.6 Å². The zero-order chi connectivity index (χ0) is 40.2. The largest absolute Gasteiger partial charge is 0.319 e. The summed E-state index contributed by atoms with van der Waals surface area (Å²) in [5.74, 6) is 4.39. The van der Waals surface area contributed by atoms with Gasteiger partial charge in [-0.25, -0.2) is 0 Å². The Kier molecular flexibility index (Phi) is 17.6. The molecule has 6 rings (SSSR count). The molecule has 0 bridgehead atoms. The molecule has 0 aliphatic carbocycles. The minimum atomic E-state index is 0. The van der Waals surface area contributed by atoms with Crippen LogP contribution >= 0.6 is 0 Å². The number of hydrogen-bond donors (Lipinski definition) is 0. The van der Waals surface area contributed by atoms with Gasteiger partial charge in [-0.2, -0.15) is 5.10 Å². The summed E-state index contributed by atoms with van der Waals surface area (Å²) in [5.41, 5.74) is 12.5. The van der Waals surface area contributed by atoms with Gasteiger partial charge in [0, 0.05) is 43.2 Å². The second kappa shape index (κ2) is 22.1. The van der Waals surface area contributed by atoms with E-state index in [2.05, 4.69) is 159 Å². The molecule has 0 saturated heterocycles. The molecule has 0 saturated carbocycles. The minimum absolute atomic E-state index is 0. The van der Waals surface area contributed by atoms with E-state index in [9.17, 15) is 0 Å². The van der Waals surface area contributed by atoms with E-state index < -0.39 is 0 Å². The first-order valence-electron chi connectivity index (χ1n) is 21.2. The number of unbranched alkanes of at least 4 members (excludes halogenated alkanes) is 6. The van der Waals surface area contributed by atoms with Gasteiger partial charge >= 0.3 is 0 Å². The van der Waals surface area contributed by atoms with Crippen LogP contribution in [0, 0.1) is 33.8 Å². The first kappa shape index (κ1) is 45.5. The van der Waals surface area contributed by atoms with Gasteiger partial charge in [0.05, 0.1) is 11.5 Å². The Morgan fingerprint density at radius 3 is 1.39 bits per heavy atom. The molecule has 1 radical (unpaired) electrons. The fourth-order valence-electron chi connectivity index (χ4n) is 7.86. The van der Waals surface area contributed by atoms with E-state index in [1.165, 1.54) is 96.1 Å². The van der Waals surface area contributed by atoms with Gasteiger partial charge < -0.3 is 4.57 Å². The third-order valence-corrected chi connectivity index (χ3v) is 10.6. The Bertz CT molecular complexity index is 1930. The smallest absolute Gasteiger partial charge is 0.168 e. The SMILES string of the molecule is CCCCCCc1cc(C)c(-n2c(-c3[c-]cccc3)nnc2C(C)C)c(C)c1.CCCCCCc1cc(C)c(-n2c(-c3ccccc3)nnc2C(C)C)c(C)c1.[Ir]. The van der Waals surface area contributed by atoms with Crippen molar-refractivity contribution in [1.29, 1.82) is 0 Å². The zero-order valence-electron chi connectivity index (χ0n) is 36.2. The van der Waals surface area contributed by atoms with Crippen molar-refractivity contribution < 1.29 is 20.1 Å². The second-order valence-corrected chi connectivity index (χ2v) is 16.2. The zero-order valence-corrected chi connectivity index (χ0v) is 38.6. The predicted molar refractivity (Wildman–Crippen MR) is 235 cm³/mol. The summed E-state index contributed by atoms with van der Waals surface area (Å²) in [6, 6.07) is 31.1. The van der Waals surface area contributed by atoms with Gasteiger partial charge in [0.15, 0.2) is 5.82 Å². The number of benzene rings is 4. The average Bonchev–Trinajstić information content (AvgIpc) is 3.82. The molecule has 57 heavy (non-hydrogen) atoms. The maximum absolute atomic E-state index is 4.57. The Morgan fingerprint density at radius 1 is 0.526 bits per heavy atom. The summed E-state index contributed by atoms with van der Waals surface area (Å²) >= 11 is 0. The van der Waals surface area contributed by atoms with Crippen LogP contribution in [0.25, 0.3) is 34.2 Å². The molecule has 0 amide bonds. The Balaban J connectivity index is 0.000000248. The van der Waals surface area contributed by atoms with Crippen molar-refractivity contribution in [2.45, 2.75) is 145 Å². The Morgan fingerprint density at radius 2 is 0.965 bits per heavy atom. The fourth-order valence-corrected chi connectivity index (χ4v) is 7.86. The quantitative estimate of drug-likeness (QED) is 0.0716. The topological polar surface area (TPSA) is 61.4 Å². The van der Waals surface area contributed by atoms with Gasteiger partial charge in [-0.15, -0.1) is 51.2 Å². The number of aryl methyl sites for hydroxylation is 6. The van der Waals surface area contributed by atoms with Crippen molar-refractivity contribution in [3.05, 3.63) is 130 Å². The Labute approximate surface area is 357 Å². The molecule has 0 N–H and O–H groups in total. The monoisotopic (exact) mass is 942 g/mol. The second-order valence-electron chi connectivity index (χ2n) is 16.2. The maximum Gasteiger partial charge on any atom is 0.168 e. The standard InChI is InChI=1S/C25H33N3.C25H32N3.Ir/c2*1-6-7-8-10-13-21-16-19(4)23(20(5)17-21)28-24(18(2)3)26-27-25(28)22-14-11-9-12-15-22;/h9,11-12,14-18H,6-8,10,13H2,1-5H3;9,11-12,14,16-18H,6-8,10,13H2,1-5H3;/q;-1;. The van der Waals surface area contributed by atoms with Gasteiger partial charge in [0.25, 0.3) is 0 Å². The van der Waals surface area contributed by atoms with E-state index in [4.69, 9.17) is 0 Å². The molecule has 0 atom stereocenters. The van der Waals surface area contributed by atoms with Crippen LogP contribution in [0.5, 0.6) is 0 Å². The first-order valence-corrected chi connectivity index (χ1v) is 21.2. The molecule has 0 aliphatic rings. The summed E-state index contributed by atoms with van der Waals surface area (Å²) in [6.07, 6.45) is 12.7. The molecule has 0 fully saturated rings.